The number of thiazole rings is 1. The Morgan fingerprint density at radius 1 is 0.885 bits per heavy atom. The second-order valence-corrected chi connectivity index (χ2v) is 7.91. The standard InChI is InChI=1S/C18H23N7S/c1-12-9-13(2)25(22-12)17-10-16(20-15(4)21-17)23-5-7-24(8-6-23)18-19-11-14(3)26-18/h9-11H,5-8H2,1-4H3. The summed E-state index contributed by atoms with van der Waals surface area (Å²) in [5.74, 6) is 2.56. The number of aryl methyl sites for hydroxylation is 4. The van der Waals surface area contributed by atoms with Crippen molar-refractivity contribution in [1.29, 1.82) is 0 Å². The van der Waals surface area contributed by atoms with Crippen molar-refractivity contribution in [2.24, 2.45) is 0 Å². The summed E-state index contributed by atoms with van der Waals surface area (Å²) in [4.78, 5) is 19.7. The molecule has 1 aliphatic heterocycles. The Labute approximate surface area is 157 Å². The first-order chi connectivity index (χ1) is 12.5. The van der Waals surface area contributed by atoms with Gasteiger partial charge in [0.2, 0.25) is 0 Å². The van der Waals surface area contributed by atoms with Crippen molar-refractivity contribution >= 4 is 22.3 Å². The van der Waals surface area contributed by atoms with Crippen molar-refractivity contribution in [2.45, 2.75) is 27.7 Å². The maximum atomic E-state index is 4.66. The number of hydrogen-bond donors (Lipinski definition) is 0. The molecule has 3 aromatic rings. The first-order valence-corrected chi connectivity index (χ1v) is 9.63. The molecule has 3 aromatic heterocycles. The van der Waals surface area contributed by atoms with E-state index in [-0.39, 0.29) is 0 Å². The zero-order valence-corrected chi connectivity index (χ0v) is 16.4. The minimum Gasteiger partial charge on any atom is -0.353 e. The van der Waals surface area contributed by atoms with Gasteiger partial charge in [0, 0.05) is 49.0 Å². The monoisotopic (exact) mass is 369 g/mol. The largest absolute Gasteiger partial charge is 0.353 e. The Morgan fingerprint density at radius 3 is 2.19 bits per heavy atom. The fourth-order valence-electron chi connectivity index (χ4n) is 3.28. The molecule has 0 spiro atoms. The van der Waals surface area contributed by atoms with Crippen LogP contribution in [0.4, 0.5) is 10.9 Å². The molecule has 7 nitrogen and oxygen atoms in total. The number of anilines is 2. The third-order valence-electron chi connectivity index (χ3n) is 4.52. The van der Waals surface area contributed by atoms with Gasteiger partial charge in [-0.3, -0.25) is 0 Å². The molecule has 0 bridgehead atoms. The van der Waals surface area contributed by atoms with Gasteiger partial charge in [-0.25, -0.2) is 19.6 Å². The summed E-state index contributed by atoms with van der Waals surface area (Å²) >= 11 is 1.76. The van der Waals surface area contributed by atoms with Gasteiger partial charge in [-0.05, 0) is 33.8 Å². The lowest BCUT2D eigenvalue weighted by Gasteiger charge is -2.35. The molecule has 0 radical (unpaired) electrons. The molecule has 8 heteroatoms. The van der Waals surface area contributed by atoms with E-state index >= 15 is 0 Å². The molecule has 0 atom stereocenters. The van der Waals surface area contributed by atoms with Gasteiger partial charge in [-0.15, -0.1) is 11.3 Å². The zero-order valence-electron chi connectivity index (χ0n) is 15.6. The smallest absolute Gasteiger partial charge is 0.185 e. The van der Waals surface area contributed by atoms with E-state index in [4.69, 9.17) is 0 Å². The minimum absolute atomic E-state index is 0.767. The minimum atomic E-state index is 0.767. The summed E-state index contributed by atoms with van der Waals surface area (Å²) in [6.45, 7) is 11.8. The fourth-order valence-corrected chi connectivity index (χ4v) is 4.09. The normalized spacial score (nSPS) is 14.9. The summed E-state index contributed by atoms with van der Waals surface area (Å²) in [5.41, 5.74) is 2.07. The van der Waals surface area contributed by atoms with Crippen LogP contribution in [0.3, 0.4) is 0 Å². The van der Waals surface area contributed by atoms with Gasteiger partial charge in [0.15, 0.2) is 10.9 Å². The highest BCUT2D eigenvalue weighted by Crippen LogP contribution is 2.24. The van der Waals surface area contributed by atoms with E-state index in [0.717, 1.165) is 60.2 Å². The van der Waals surface area contributed by atoms with E-state index in [0.29, 0.717) is 0 Å². The van der Waals surface area contributed by atoms with Gasteiger partial charge < -0.3 is 9.80 Å². The predicted octanol–water partition coefficient (Wildman–Crippen LogP) is 2.68. The molecule has 0 amide bonds. The van der Waals surface area contributed by atoms with Crippen molar-refractivity contribution in [3.63, 3.8) is 0 Å². The SMILES string of the molecule is Cc1cc(C)n(-c2cc(N3CCN(c4ncc(C)s4)CC3)nc(C)n2)n1. The number of hydrogen-bond acceptors (Lipinski definition) is 7. The maximum absolute atomic E-state index is 4.66. The van der Waals surface area contributed by atoms with E-state index in [2.05, 4.69) is 42.8 Å². The molecule has 0 unspecified atom stereocenters. The van der Waals surface area contributed by atoms with Crippen LogP contribution in [0.2, 0.25) is 0 Å². The third-order valence-corrected chi connectivity index (χ3v) is 5.49. The lowest BCUT2D eigenvalue weighted by atomic mass is 10.3. The zero-order chi connectivity index (χ0) is 18.3. The molecule has 136 valence electrons. The number of piperazine rings is 1. The molecule has 0 N–H and O–H groups in total. The van der Waals surface area contributed by atoms with E-state index in [1.165, 1.54) is 4.88 Å². The second kappa shape index (κ2) is 6.68. The van der Waals surface area contributed by atoms with Crippen LogP contribution in [0.1, 0.15) is 22.1 Å². The third kappa shape index (κ3) is 3.29. The van der Waals surface area contributed by atoms with Crippen LogP contribution in [-0.4, -0.2) is 50.9 Å². The van der Waals surface area contributed by atoms with Crippen LogP contribution < -0.4 is 9.80 Å². The Kier molecular flexibility index (Phi) is 4.36. The molecule has 1 fully saturated rings. The molecule has 4 rings (SSSR count). The van der Waals surface area contributed by atoms with Gasteiger partial charge >= 0.3 is 0 Å². The van der Waals surface area contributed by atoms with Crippen molar-refractivity contribution < 1.29 is 0 Å². The van der Waals surface area contributed by atoms with E-state index in [1.54, 1.807) is 11.3 Å². The van der Waals surface area contributed by atoms with Gasteiger partial charge in [0.05, 0.1) is 5.69 Å². The Hall–Kier alpha value is -2.48. The number of nitrogens with zero attached hydrogens (tertiary/aromatic N) is 7. The Balaban J connectivity index is 1.54. The van der Waals surface area contributed by atoms with Crippen LogP contribution in [0.5, 0.6) is 0 Å². The van der Waals surface area contributed by atoms with Gasteiger partial charge in [-0.2, -0.15) is 5.10 Å². The first kappa shape index (κ1) is 17.0. The number of rotatable bonds is 3. The Bertz CT molecular complexity index is 922. The van der Waals surface area contributed by atoms with E-state index < -0.39 is 0 Å². The fraction of sp³-hybridized carbons (Fsp3) is 0.444. The van der Waals surface area contributed by atoms with Crippen molar-refractivity contribution in [3.8, 4) is 5.82 Å². The number of aromatic nitrogens is 5. The highest BCUT2D eigenvalue weighted by atomic mass is 32.1. The molecule has 1 aliphatic rings. The van der Waals surface area contributed by atoms with Crippen LogP contribution in [0.15, 0.2) is 18.3 Å². The quantitative estimate of drug-likeness (QED) is 0.707. The van der Waals surface area contributed by atoms with Crippen molar-refractivity contribution in [1.82, 2.24) is 24.7 Å². The predicted molar refractivity (Wildman–Crippen MR) is 105 cm³/mol. The van der Waals surface area contributed by atoms with Gasteiger partial charge in [0.25, 0.3) is 0 Å². The molecule has 4 heterocycles. The van der Waals surface area contributed by atoms with Crippen LogP contribution >= 0.6 is 11.3 Å². The molecule has 0 aliphatic carbocycles. The highest BCUT2D eigenvalue weighted by molar-refractivity contribution is 7.15. The highest BCUT2D eigenvalue weighted by Gasteiger charge is 2.21. The average Bonchev–Trinajstić information content (AvgIpc) is 3.19. The maximum Gasteiger partial charge on any atom is 0.185 e. The molecule has 0 saturated carbocycles. The Morgan fingerprint density at radius 2 is 1.58 bits per heavy atom. The van der Waals surface area contributed by atoms with Crippen LogP contribution in [0, 0.1) is 27.7 Å². The van der Waals surface area contributed by atoms with E-state index in [9.17, 15) is 0 Å². The molecular formula is C18H23N7S. The average molecular weight is 369 g/mol. The van der Waals surface area contributed by atoms with E-state index in [1.807, 2.05) is 37.7 Å². The molecule has 1 saturated heterocycles. The summed E-state index contributed by atoms with van der Waals surface area (Å²) < 4.78 is 1.89. The van der Waals surface area contributed by atoms with Crippen LogP contribution in [0.25, 0.3) is 5.82 Å². The molecule has 26 heavy (non-hydrogen) atoms. The lowest BCUT2D eigenvalue weighted by Crippen LogP contribution is -2.47. The summed E-state index contributed by atoms with van der Waals surface area (Å²) in [6, 6.07) is 4.10. The van der Waals surface area contributed by atoms with Gasteiger partial charge in [-0.1, -0.05) is 0 Å². The summed E-state index contributed by atoms with van der Waals surface area (Å²) in [5, 5.41) is 5.67. The van der Waals surface area contributed by atoms with Crippen LogP contribution in [-0.2, 0) is 0 Å². The first-order valence-electron chi connectivity index (χ1n) is 8.81. The van der Waals surface area contributed by atoms with Gasteiger partial charge in [0.1, 0.15) is 11.6 Å². The summed E-state index contributed by atoms with van der Waals surface area (Å²) in [7, 11) is 0. The molecule has 0 aromatic carbocycles. The lowest BCUT2D eigenvalue weighted by molar-refractivity contribution is 0.643. The molecular weight excluding hydrogens is 346 g/mol. The summed E-state index contributed by atoms with van der Waals surface area (Å²) in [6.07, 6.45) is 1.95. The van der Waals surface area contributed by atoms with Crippen molar-refractivity contribution in [2.75, 3.05) is 36.0 Å². The topological polar surface area (TPSA) is 63.0 Å². The van der Waals surface area contributed by atoms with Crippen molar-refractivity contribution in [3.05, 3.63) is 40.4 Å². The second-order valence-electron chi connectivity index (χ2n) is 6.70.